The second kappa shape index (κ2) is 9.87. The van der Waals surface area contributed by atoms with E-state index < -0.39 is 11.9 Å². The van der Waals surface area contributed by atoms with Crippen LogP contribution in [0.2, 0.25) is 0 Å². The van der Waals surface area contributed by atoms with Crippen molar-refractivity contribution in [2.75, 3.05) is 30.6 Å². The Balaban J connectivity index is 1.75. The standard InChI is InChI=1S/C19H22N6O5S2/c1-5-29-18(28)13-9(2)14(16(27)21-4)32-17(13)22-12(26)8-31-19-24-23-15(25(19)20)11-6-7-30-10(11)3/h6-7H,5,8,20H2,1-4H3,(H,21,27)(H,22,26). The number of nitrogen functional groups attached to an aromatic ring is 1. The molecular weight excluding hydrogens is 456 g/mol. The Labute approximate surface area is 191 Å². The number of nitrogens with one attached hydrogen (secondary N) is 2. The number of thiophene rings is 1. The summed E-state index contributed by atoms with van der Waals surface area (Å²) in [6.07, 6.45) is 1.52. The van der Waals surface area contributed by atoms with Gasteiger partial charge in [-0.05, 0) is 32.4 Å². The molecule has 0 atom stereocenters. The lowest BCUT2D eigenvalue weighted by atomic mass is 10.1. The summed E-state index contributed by atoms with van der Waals surface area (Å²) in [5.41, 5.74) is 1.30. The Hall–Kier alpha value is -3.32. The van der Waals surface area contributed by atoms with Crippen molar-refractivity contribution < 1.29 is 23.5 Å². The van der Waals surface area contributed by atoms with Crippen LogP contribution in [0.5, 0.6) is 0 Å². The van der Waals surface area contributed by atoms with E-state index in [1.54, 1.807) is 26.8 Å². The van der Waals surface area contributed by atoms with E-state index >= 15 is 0 Å². The number of hydrogen-bond donors (Lipinski definition) is 3. The zero-order chi connectivity index (χ0) is 23.4. The monoisotopic (exact) mass is 478 g/mol. The minimum absolute atomic E-state index is 0.0474. The summed E-state index contributed by atoms with van der Waals surface area (Å²) in [5, 5.41) is 13.9. The van der Waals surface area contributed by atoms with Crippen LogP contribution in [-0.2, 0) is 9.53 Å². The van der Waals surface area contributed by atoms with Crippen molar-refractivity contribution >= 4 is 45.9 Å². The van der Waals surface area contributed by atoms with Gasteiger partial charge in [0.2, 0.25) is 11.1 Å². The van der Waals surface area contributed by atoms with Gasteiger partial charge in [0, 0.05) is 7.05 Å². The molecule has 0 aromatic carbocycles. The number of thioether (sulfide) groups is 1. The molecule has 0 spiro atoms. The minimum atomic E-state index is -0.610. The van der Waals surface area contributed by atoms with Crippen molar-refractivity contribution in [1.29, 1.82) is 0 Å². The zero-order valence-electron chi connectivity index (χ0n) is 17.8. The number of hydrogen-bond acceptors (Lipinski definition) is 10. The van der Waals surface area contributed by atoms with Crippen LogP contribution in [0.15, 0.2) is 21.9 Å². The number of carbonyl (C=O) groups is 3. The maximum Gasteiger partial charge on any atom is 0.341 e. The first-order valence-corrected chi connectivity index (χ1v) is 11.3. The molecule has 0 fully saturated rings. The Morgan fingerprint density at radius 2 is 2.06 bits per heavy atom. The summed E-state index contributed by atoms with van der Waals surface area (Å²) in [4.78, 5) is 37.4. The highest BCUT2D eigenvalue weighted by molar-refractivity contribution is 7.99. The molecule has 3 rings (SSSR count). The number of aryl methyl sites for hydroxylation is 1. The van der Waals surface area contributed by atoms with E-state index in [4.69, 9.17) is 15.0 Å². The number of furan rings is 1. The van der Waals surface area contributed by atoms with Crippen LogP contribution in [0.1, 0.15) is 38.3 Å². The lowest BCUT2D eigenvalue weighted by molar-refractivity contribution is -0.113. The van der Waals surface area contributed by atoms with Crippen LogP contribution in [0, 0.1) is 13.8 Å². The number of ether oxygens (including phenoxy) is 1. The predicted molar refractivity (Wildman–Crippen MR) is 120 cm³/mol. The van der Waals surface area contributed by atoms with Crippen LogP contribution >= 0.6 is 23.1 Å². The van der Waals surface area contributed by atoms with Gasteiger partial charge in [-0.25, -0.2) is 9.47 Å². The highest BCUT2D eigenvalue weighted by Gasteiger charge is 2.26. The lowest BCUT2D eigenvalue weighted by Crippen LogP contribution is -2.18. The minimum Gasteiger partial charge on any atom is -0.469 e. The summed E-state index contributed by atoms with van der Waals surface area (Å²) in [6, 6.07) is 1.73. The molecular formula is C19H22N6O5S2. The summed E-state index contributed by atoms with van der Waals surface area (Å²) < 4.78 is 11.6. The third-order valence-electron chi connectivity index (χ3n) is 4.41. The second-order valence-corrected chi connectivity index (χ2v) is 8.43. The molecule has 3 heterocycles. The number of esters is 1. The van der Waals surface area contributed by atoms with E-state index in [0.29, 0.717) is 32.7 Å². The first-order valence-electron chi connectivity index (χ1n) is 9.48. The molecule has 170 valence electrons. The first kappa shape index (κ1) is 23.3. The number of aromatic nitrogens is 3. The average molecular weight is 479 g/mol. The first-order chi connectivity index (χ1) is 15.3. The number of amides is 2. The highest BCUT2D eigenvalue weighted by Crippen LogP contribution is 2.34. The number of carbonyl (C=O) groups excluding carboxylic acids is 3. The van der Waals surface area contributed by atoms with Crippen molar-refractivity contribution in [2.45, 2.75) is 25.9 Å². The molecule has 32 heavy (non-hydrogen) atoms. The number of nitrogens with two attached hydrogens (primary N) is 1. The molecule has 13 heteroatoms. The maximum absolute atomic E-state index is 12.6. The van der Waals surface area contributed by atoms with Crippen LogP contribution in [-0.4, -0.2) is 52.1 Å². The van der Waals surface area contributed by atoms with Crippen LogP contribution in [0.4, 0.5) is 5.00 Å². The molecule has 0 aliphatic rings. The summed E-state index contributed by atoms with van der Waals surface area (Å²) in [6.45, 7) is 5.25. The van der Waals surface area contributed by atoms with Crippen molar-refractivity contribution in [2.24, 2.45) is 0 Å². The molecule has 0 saturated carbocycles. The molecule has 2 amide bonds. The fourth-order valence-corrected chi connectivity index (χ4v) is 4.66. The topological polar surface area (TPSA) is 154 Å². The van der Waals surface area contributed by atoms with Gasteiger partial charge in [-0.1, -0.05) is 11.8 Å². The van der Waals surface area contributed by atoms with Crippen LogP contribution in [0.25, 0.3) is 11.4 Å². The summed E-state index contributed by atoms with van der Waals surface area (Å²) >= 11 is 2.08. The largest absolute Gasteiger partial charge is 0.469 e. The van der Waals surface area contributed by atoms with Gasteiger partial charge in [0.15, 0.2) is 5.82 Å². The van der Waals surface area contributed by atoms with Gasteiger partial charge in [-0.3, -0.25) is 9.59 Å². The molecule has 0 aliphatic heterocycles. The molecule has 3 aromatic heterocycles. The second-order valence-electron chi connectivity index (χ2n) is 6.46. The van der Waals surface area contributed by atoms with Gasteiger partial charge in [0.25, 0.3) is 5.91 Å². The molecule has 0 aliphatic carbocycles. The molecule has 0 bridgehead atoms. The van der Waals surface area contributed by atoms with Gasteiger partial charge < -0.3 is 25.6 Å². The number of nitrogens with zero attached hydrogens (tertiary/aromatic N) is 3. The van der Waals surface area contributed by atoms with Gasteiger partial charge in [-0.2, -0.15) is 0 Å². The molecule has 0 radical (unpaired) electrons. The maximum atomic E-state index is 12.6. The van der Waals surface area contributed by atoms with Crippen LogP contribution < -0.4 is 16.5 Å². The van der Waals surface area contributed by atoms with Gasteiger partial charge in [0.1, 0.15) is 10.8 Å². The third-order valence-corrected chi connectivity index (χ3v) is 6.56. The molecule has 4 N–H and O–H groups in total. The lowest BCUT2D eigenvalue weighted by Gasteiger charge is -2.07. The Morgan fingerprint density at radius 1 is 1.31 bits per heavy atom. The van der Waals surface area contributed by atoms with Gasteiger partial charge in [0.05, 0.1) is 34.6 Å². The van der Waals surface area contributed by atoms with E-state index in [1.165, 1.54) is 18.0 Å². The molecule has 11 nitrogen and oxygen atoms in total. The molecule has 3 aromatic rings. The number of anilines is 1. The van der Waals surface area contributed by atoms with E-state index in [9.17, 15) is 14.4 Å². The quantitative estimate of drug-likeness (QED) is 0.251. The van der Waals surface area contributed by atoms with E-state index in [2.05, 4.69) is 20.8 Å². The van der Waals surface area contributed by atoms with Crippen molar-refractivity contribution in [1.82, 2.24) is 20.2 Å². The fourth-order valence-electron chi connectivity index (χ4n) is 2.85. The van der Waals surface area contributed by atoms with E-state index in [0.717, 1.165) is 23.1 Å². The Bertz CT molecular complexity index is 1170. The third kappa shape index (κ3) is 4.62. The van der Waals surface area contributed by atoms with E-state index in [-0.39, 0.29) is 28.8 Å². The van der Waals surface area contributed by atoms with Gasteiger partial charge >= 0.3 is 5.97 Å². The van der Waals surface area contributed by atoms with Crippen molar-refractivity contribution in [3.63, 3.8) is 0 Å². The SMILES string of the molecule is CCOC(=O)c1c(NC(=O)CSc2nnc(-c3ccoc3C)n2N)sc(C(=O)NC)c1C. The number of rotatable bonds is 8. The molecule has 0 saturated heterocycles. The normalized spacial score (nSPS) is 10.8. The summed E-state index contributed by atoms with van der Waals surface area (Å²) in [7, 11) is 1.49. The highest BCUT2D eigenvalue weighted by atomic mass is 32.2. The van der Waals surface area contributed by atoms with Crippen LogP contribution in [0.3, 0.4) is 0 Å². The predicted octanol–water partition coefficient (Wildman–Crippen LogP) is 2.20. The fraction of sp³-hybridized carbons (Fsp3) is 0.316. The van der Waals surface area contributed by atoms with Gasteiger partial charge in [-0.15, -0.1) is 21.5 Å². The molecule has 0 unspecified atom stereocenters. The zero-order valence-corrected chi connectivity index (χ0v) is 19.5. The Morgan fingerprint density at radius 3 is 2.69 bits per heavy atom. The van der Waals surface area contributed by atoms with E-state index in [1.807, 2.05) is 0 Å². The summed E-state index contributed by atoms with van der Waals surface area (Å²) in [5.74, 6) is 5.70. The van der Waals surface area contributed by atoms with Crippen molar-refractivity contribution in [3.8, 4) is 11.4 Å². The Kier molecular flexibility index (Phi) is 7.20. The van der Waals surface area contributed by atoms with Crippen molar-refractivity contribution in [3.05, 3.63) is 34.1 Å². The smallest absolute Gasteiger partial charge is 0.341 e. The average Bonchev–Trinajstić information content (AvgIpc) is 3.43.